The predicted octanol–water partition coefficient (Wildman–Crippen LogP) is 18.9. The molecule has 98 heavy (non-hydrogen) atoms. The van der Waals surface area contributed by atoms with Crippen molar-refractivity contribution >= 4 is 23.9 Å². The summed E-state index contributed by atoms with van der Waals surface area (Å²) in [6.45, 7) is 62.4. The largest absolute Gasteiger partial charge is 0.507 e. The third-order valence-corrected chi connectivity index (χ3v) is 25.7. The van der Waals surface area contributed by atoms with Crippen molar-refractivity contribution in [2.75, 3.05) is 28.2 Å². The molecular weight excluding hydrogens is 1220 g/mol. The molecule has 4 aliphatic heterocycles. The number of likely N-dealkylation sites (tertiary alicyclic amines) is 4. The van der Waals surface area contributed by atoms with Gasteiger partial charge in [-0.15, -0.1) is 0 Å². The summed E-state index contributed by atoms with van der Waals surface area (Å²) in [5.74, 6) is -1.14. The number of piperidine rings is 4. The molecule has 0 aromatic heterocycles. The van der Waals surface area contributed by atoms with Gasteiger partial charge in [-0.05, 0) is 332 Å². The molecule has 4 saturated heterocycles. The first kappa shape index (κ1) is 84.4. The molecule has 2 aromatic rings. The molecule has 6 rings (SSSR count). The standard InChI is InChI=1S/2C42H72N2O5/c1-37(2,3)31-20-27(21-32(36(31)48)38(4,5)6)33(49-35(47)22-34(45)46)19-17-18-30(28-23-39(7,8)43(15)40(9,10)24-28)29-25-41(11,12)44(16)42(13,14)26-29;1-36(2,3)31-20-27(21-32(33(31)45)37(4,5)6)22-42(34(46)47,35(48)49)19-17-18-30(28-23-38(7,8)43(15)39(9,10)24-28)29-25-40(11,12)44(16)41(13,14)26-29/h20-21,28-30,33,48H,17-19,22-26H2,1-16H3,(H,45,46);20-21,28-30,45H,17-19,22-26H2,1-16H3,(H,46,47)(H,48,49). The first-order valence-electron chi connectivity index (χ1n) is 37.5. The molecule has 1 unspecified atom stereocenters. The van der Waals surface area contributed by atoms with Crippen molar-refractivity contribution in [2.24, 2.45) is 40.9 Å². The van der Waals surface area contributed by atoms with Crippen LogP contribution in [0, 0.1) is 40.9 Å². The average Bonchev–Trinajstić information content (AvgIpc) is 0.762. The van der Waals surface area contributed by atoms with Crippen molar-refractivity contribution in [3.63, 3.8) is 0 Å². The predicted molar refractivity (Wildman–Crippen MR) is 403 cm³/mol. The van der Waals surface area contributed by atoms with Crippen LogP contribution in [-0.4, -0.2) is 142 Å². The van der Waals surface area contributed by atoms with E-state index in [0.29, 0.717) is 65.0 Å². The number of hydrogen-bond donors (Lipinski definition) is 5. The van der Waals surface area contributed by atoms with Gasteiger partial charge in [0.05, 0.1) is 0 Å². The summed E-state index contributed by atoms with van der Waals surface area (Å²) in [6, 6.07) is 7.62. The third kappa shape index (κ3) is 19.3. The van der Waals surface area contributed by atoms with Crippen LogP contribution in [-0.2, 0) is 52.0 Å². The van der Waals surface area contributed by atoms with Gasteiger partial charge in [0, 0.05) is 44.3 Å². The van der Waals surface area contributed by atoms with E-state index < -0.39 is 52.6 Å². The van der Waals surface area contributed by atoms with E-state index in [4.69, 9.17) is 4.74 Å². The van der Waals surface area contributed by atoms with Gasteiger partial charge in [0.25, 0.3) is 0 Å². The molecule has 0 radical (unpaired) electrons. The molecule has 4 fully saturated rings. The number of carbonyl (C=O) groups excluding carboxylic acids is 1. The number of aliphatic carboxylic acids is 3. The molecule has 0 spiro atoms. The van der Waals surface area contributed by atoms with E-state index in [2.05, 4.69) is 200 Å². The highest BCUT2D eigenvalue weighted by molar-refractivity contribution is 5.98. The van der Waals surface area contributed by atoms with Crippen molar-refractivity contribution in [3.8, 4) is 11.5 Å². The summed E-state index contributed by atoms with van der Waals surface area (Å²) >= 11 is 0. The van der Waals surface area contributed by atoms with Gasteiger partial charge in [-0.25, -0.2) is 0 Å². The number of phenolic OH excluding ortho intramolecular Hbond substituents is 2. The van der Waals surface area contributed by atoms with Crippen LogP contribution in [0.15, 0.2) is 24.3 Å². The summed E-state index contributed by atoms with van der Waals surface area (Å²) in [4.78, 5) is 60.9. The number of carbonyl (C=O) groups is 4. The summed E-state index contributed by atoms with van der Waals surface area (Å²) in [5.41, 5.74) is 1.39. The molecule has 1 atom stereocenters. The molecule has 14 nitrogen and oxygen atoms in total. The fourth-order valence-corrected chi connectivity index (χ4v) is 19.3. The van der Waals surface area contributed by atoms with E-state index in [1.165, 1.54) is 0 Å². The molecule has 4 aliphatic rings. The highest BCUT2D eigenvalue weighted by Gasteiger charge is 2.54. The summed E-state index contributed by atoms with van der Waals surface area (Å²) in [5, 5.41) is 53.6. The number of benzene rings is 2. The number of carboxylic acid groups (broad SMARTS) is 3. The molecule has 560 valence electrons. The van der Waals surface area contributed by atoms with Gasteiger partial charge in [-0.3, -0.25) is 38.8 Å². The minimum atomic E-state index is -1.97. The SMILES string of the molecule is CN1C(C)(C)CC(C(CCCC(Cc2cc(C(C)(C)C)c(O)c(C(C)(C)C)c2)(C(=O)O)C(=O)O)C2CC(C)(C)N(C)C(C)(C)C2)CC1(C)C.CN1C(C)(C)CC(C(CCCC(OC(=O)CC(=O)O)c2cc(C(C)(C)C)c(O)c(C(C)(C)C)c2)C2CC(C)(C)N(C)C(C)(C)C2)CC1(C)C. The zero-order valence-electron chi connectivity index (χ0n) is 68.2. The van der Waals surface area contributed by atoms with Gasteiger partial charge in [0.2, 0.25) is 0 Å². The number of carboxylic acids is 3. The molecule has 0 amide bonds. The normalized spacial score (nSPS) is 22.5. The van der Waals surface area contributed by atoms with E-state index in [9.17, 15) is 44.7 Å². The lowest BCUT2D eigenvalue weighted by molar-refractivity contribution is -0.165. The Bertz CT molecular complexity index is 2900. The van der Waals surface area contributed by atoms with E-state index in [-0.39, 0.29) is 79.5 Å². The van der Waals surface area contributed by atoms with Crippen molar-refractivity contribution in [2.45, 2.75) is 369 Å². The molecule has 4 heterocycles. The second kappa shape index (κ2) is 29.1. The Morgan fingerprint density at radius 2 is 0.684 bits per heavy atom. The fraction of sp³-hybridized carbons (Fsp3) is 0.810. The van der Waals surface area contributed by atoms with Crippen LogP contribution in [0.1, 0.15) is 330 Å². The molecule has 0 aliphatic carbocycles. The monoisotopic (exact) mass is 1370 g/mol. The maximum absolute atomic E-state index is 13.1. The number of ether oxygens (including phenoxy) is 1. The minimum absolute atomic E-state index is 0.0153. The van der Waals surface area contributed by atoms with Gasteiger partial charge in [-0.1, -0.05) is 102 Å². The Labute approximate surface area is 597 Å². The number of phenols is 2. The van der Waals surface area contributed by atoms with Gasteiger partial charge >= 0.3 is 23.9 Å². The van der Waals surface area contributed by atoms with Crippen LogP contribution in [0.25, 0.3) is 0 Å². The van der Waals surface area contributed by atoms with Crippen LogP contribution >= 0.6 is 0 Å². The number of nitrogens with zero attached hydrogens (tertiary/aromatic N) is 4. The average molecular weight is 1370 g/mol. The van der Waals surface area contributed by atoms with Crippen molar-refractivity contribution < 1.29 is 49.4 Å². The summed E-state index contributed by atoms with van der Waals surface area (Å²) < 4.78 is 6.04. The minimum Gasteiger partial charge on any atom is -0.507 e. The second-order valence-electron chi connectivity index (χ2n) is 41.0. The Hall–Kier alpha value is -4.24. The van der Waals surface area contributed by atoms with Crippen LogP contribution in [0.2, 0.25) is 0 Å². The maximum Gasteiger partial charge on any atom is 0.321 e. The van der Waals surface area contributed by atoms with Gasteiger partial charge in [-0.2, -0.15) is 0 Å². The van der Waals surface area contributed by atoms with Crippen LogP contribution in [0.5, 0.6) is 11.5 Å². The van der Waals surface area contributed by atoms with E-state index in [0.717, 1.165) is 87.3 Å². The van der Waals surface area contributed by atoms with Crippen molar-refractivity contribution in [3.05, 3.63) is 57.6 Å². The molecule has 5 N–H and O–H groups in total. The molecular formula is C84H144N4O10. The fourth-order valence-electron chi connectivity index (χ4n) is 19.3. The highest BCUT2D eigenvalue weighted by atomic mass is 16.5. The number of aromatic hydroxyl groups is 2. The molecule has 2 aromatic carbocycles. The van der Waals surface area contributed by atoms with E-state index >= 15 is 0 Å². The third-order valence-electron chi connectivity index (χ3n) is 25.7. The number of esters is 1. The first-order valence-corrected chi connectivity index (χ1v) is 37.5. The lowest BCUT2D eigenvalue weighted by atomic mass is 9.60. The van der Waals surface area contributed by atoms with E-state index in [1.54, 1.807) is 0 Å². The lowest BCUT2D eigenvalue weighted by Crippen LogP contribution is -2.62. The number of rotatable bonds is 20. The Morgan fingerprint density at radius 3 is 0.929 bits per heavy atom. The maximum atomic E-state index is 13.1. The van der Waals surface area contributed by atoms with Crippen molar-refractivity contribution in [1.29, 1.82) is 0 Å². The smallest absolute Gasteiger partial charge is 0.321 e. The zero-order valence-corrected chi connectivity index (χ0v) is 68.2. The second-order valence-corrected chi connectivity index (χ2v) is 41.0. The zero-order chi connectivity index (χ0) is 75.6. The van der Waals surface area contributed by atoms with Gasteiger partial charge < -0.3 is 30.3 Å². The molecule has 14 heteroatoms. The Balaban J connectivity index is 0.000000354. The van der Waals surface area contributed by atoms with Gasteiger partial charge in [0.1, 0.15) is 24.0 Å². The molecule has 0 bridgehead atoms. The summed E-state index contributed by atoms with van der Waals surface area (Å²) in [7, 11) is 9.03. The van der Waals surface area contributed by atoms with Crippen molar-refractivity contribution in [1.82, 2.24) is 19.6 Å². The quantitative estimate of drug-likeness (QED) is 0.0621. The lowest BCUT2D eigenvalue weighted by Gasteiger charge is -2.59. The number of hydrogen-bond acceptors (Lipinski definition) is 11. The van der Waals surface area contributed by atoms with Crippen LogP contribution in [0.3, 0.4) is 0 Å². The van der Waals surface area contributed by atoms with Crippen LogP contribution < -0.4 is 0 Å². The highest BCUT2D eigenvalue weighted by Crippen LogP contribution is 2.55. The topological polar surface area (TPSA) is 192 Å². The van der Waals surface area contributed by atoms with Gasteiger partial charge in [0.15, 0.2) is 5.41 Å². The Morgan fingerprint density at radius 1 is 0.429 bits per heavy atom. The first-order chi connectivity index (χ1) is 43.9. The van der Waals surface area contributed by atoms with E-state index in [1.807, 2.05) is 65.8 Å². The van der Waals surface area contributed by atoms with Crippen LogP contribution in [0.4, 0.5) is 0 Å². The molecule has 0 saturated carbocycles. The summed E-state index contributed by atoms with van der Waals surface area (Å²) in [6.07, 6.45) is 11.3. The Kier molecular flexibility index (Phi) is 25.1.